The van der Waals surface area contributed by atoms with Crippen LogP contribution in [0, 0.1) is 0 Å². The van der Waals surface area contributed by atoms with Crippen molar-refractivity contribution in [3.8, 4) is 55.9 Å². The Kier molecular flexibility index (Phi) is 6.25. The fraction of sp³-hybridized carbons (Fsp3) is 0. The standard InChI is InChI=1S/C40H24N4OS/c1-4-12-26(13-5-1)37-42-38(27-14-6-2-7-15-27)44-39(43-37)28-22-20-25(21-23-28)34-35-30-18-10-11-19-31(30)45-32(35)24-33-36(34)41-40(46-33)29-16-8-3-9-17-29/h1-24H. The highest BCUT2D eigenvalue weighted by molar-refractivity contribution is 7.21. The highest BCUT2D eigenvalue weighted by Gasteiger charge is 2.20. The van der Waals surface area contributed by atoms with Crippen LogP contribution >= 0.6 is 11.3 Å². The van der Waals surface area contributed by atoms with Crippen LogP contribution in [0.25, 0.3) is 88.0 Å². The van der Waals surface area contributed by atoms with Crippen molar-refractivity contribution in [3.05, 3.63) is 146 Å². The maximum atomic E-state index is 6.39. The van der Waals surface area contributed by atoms with Gasteiger partial charge in [0.1, 0.15) is 16.2 Å². The first-order valence-electron chi connectivity index (χ1n) is 15.1. The van der Waals surface area contributed by atoms with Gasteiger partial charge in [0, 0.05) is 44.7 Å². The third-order valence-electron chi connectivity index (χ3n) is 8.18. The molecule has 0 aliphatic heterocycles. The molecule has 0 radical (unpaired) electrons. The summed E-state index contributed by atoms with van der Waals surface area (Å²) in [5, 5.41) is 3.13. The largest absolute Gasteiger partial charge is 0.456 e. The highest BCUT2D eigenvalue weighted by Crippen LogP contribution is 2.44. The number of nitrogens with zero attached hydrogens (tertiary/aromatic N) is 4. The summed E-state index contributed by atoms with van der Waals surface area (Å²) >= 11 is 1.68. The smallest absolute Gasteiger partial charge is 0.164 e. The lowest BCUT2D eigenvalue weighted by Crippen LogP contribution is -2.00. The molecule has 3 heterocycles. The Morgan fingerprint density at radius 2 is 0.935 bits per heavy atom. The van der Waals surface area contributed by atoms with Crippen LogP contribution in [-0.4, -0.2) is 19.9 Å². The molecule has 9 aromatic rings. The SMILES string of the molecule is c1ccc(-c2nc(-c3ccccc3)nc(-c3ccc(-c4c5nc(-c6ccccc6)sc5cc5oc6ccccc6c45)cc3)n2)cc1. The van der Waals surface area contributed by atoms with Crippen LogP contribution in [-0.2, 0) is 0 Å². The van der Waals surface area contributed by atoms with Crippen molar-refractivity contribution in [2.45, 2.75) is 0 Å². The molecule has 3 aromatic heterocycles. The first-order chi connectivity index (χ1) is 22.8. The molecule has 0 unspecified atom stereocenters. The van der Waals surface area contributed by atoms with Gasteiger partial charge in [-0.3, -0.25) is 0 Å². The monoisotopic (exact) mass is 608 g/mol. The third kappa shape index (κ3) is 4.55. The van der Waals surface area contributed by atoms with Crippen LogP contribution in [0.15, 0.2) is 150 Å². The van der Waals surface area contributed by atoms with E-state index in [-0.39, 0.29) is 0 Å². The molecule has 46 heavy (non-hydrogen) atoms. The first-order valence-corrected chi connectivity index (χ1v) is 15.9. The highest BCUT2D eigenvalue weighted by atomic mass is 32.1. The van der Waals surface area contributed by atoms with Gasteiger partial charge in [-0.25, -0.2) is 19.9 Å². The quantitative estimate of drug-likeness (QED) is 0.194. The molecule has 5 nitrogen and oxygen atoms in total. The molecule has 9 rings (SSSR count). The van der Waals surface area contributed by atoms with Crippen molar-refractivity contribution < 1.29 is 4.42 Å². The topological polar surface area (TPSA) is 64.7 Å². The maximum Gasteiger partial charge on any atom is 0.164 e. The Hall–Kier alpha value is -5.98. The van der Waals surface area contributed by atoms with E-state index in [9.17, 15) is 0 Å². The van der Waals surface area contributed by atoms with Crippen LogP contribution in [0.2, 0.25) is 0 Å². The number of hydrogen-bond donors (Lipinski definition) is 0. The zero-order valence-electron chi connectivity index (χ0n) is 24.5. The normalized spacial score (nSPS) is 11.5. The van der Waals surface area contributed by atoms with E-state index in [0.29, 0.717) is 17.5 Å². The summed E-state index contributed by atoms with van der Waals surface area (Å²) in [5.74, 6) is 1.90. The van der Waals surface area contributed by atoms with E-state index in [1.807, 2.05) is 91.0 Å². The van der Waals surface area contributed by atoms with E-state index in [1.165, 1.54) is 0 Å². The molecule has 0 N–H and O–H groups in total. The van der Waals surface area contributed by atoms with Gasteiger partial charge < -0.3 is 4.42 Å². The van der Waals surface area contributed by atoms with E-state index in [2.05, 4.69) is 54.6 Å². The molecule has 0 atom stereocenters. The Bertz CT molecular complexity index is 2450. The number of furan rings is 1. The van der Waals surface area contributed by atoms with Gasteiger partial charge in [0.05, 0.1) is 10.2 Å². The summed E-state index contributed by atoms with van der Waals surface area (Å²) in [4.78, 5) is 19.9. The predicted octanol–water partition coefficient (Wildman–Crippen LogP) is 10.7. The molecule has 0 saturated heterocycles. The second kappa shape index (κ2) is 10.9. The van der Waals surface area contributed by atoms with E-state index in [0.717, 1.165) is 70.5 Å². The second-order valence-corrected chi connectivity index (χ2v) is 12.1. The van der Waals surface area contributed by atoms with Crippen molar-refractivity contribution >= 4 is 43.5 Å². The summed E-state index contributed by atoms with van der Waals surface area (Å²) in [5.41, 5.74) is 8.70. The summed E-state index contributed by atoms with van der Waals surface area (Å²) < 4.78 is 7.48. The van der Waals surface area contributed by atoms with E-state index in [4.69, 9.17) is 24.4 Å². The minimum absolute atomic E-state index is 0.622. The van der Waals surface area contributed by atoms with Crippen molar-refractivity contribution in [2.24, 2.45) is 0 Å². The molecule has 0 bridgehead atoms. The maximum absolute atomic E-state index is 6.39. The zero-order chi connectivity index (χ0) is 30.5. The molecule has 0 saturated carbocycles. The summed E-state index contributed by atoms with van der Waals surface area (Å²) in [6, 6.07) is 49.2. The molecular formula is C40H24N4OS. The summed E-state index contributed by atoms with van der Waals surface area (Å²) in [6.45, 7) is 0. The number of fused-ring (bicyclic) bond motifs is 4. The lowest BCUT2D eigenvalue weighted by atomic mass is 9.97. The fourth-order valence-corrected chi connectivity index (χ4v) is 6.99. The van der Waals surface area contributed by atoms with Crippen molar-refractivity contribution in [1.82, 2.24) is 19.9 Å². The molecule has 6 heteroatoms. The van der Waals surface area contributed by atoms with E-state index in [1.54, 1.807) is 11.3 Å². The van der Waals surface area contributed by atoms with Crippen LogP contribution in [0.1, 0.15) is 0 Å². The van der Waals surface area contributed by atoms with Crippen molar-refractivity contribution in [1.29, 1.82) is 0 Å². The first kappa shape index (κ1) is 26.4. The molecule has 0 spiro atoms. The lowest BCUT2D eigenvalue weighted by Gasteiger charge is -2.10. The molecule has 0 fully saturated rings. The molecule has 0 amide bonds. The van der Waals surface area contributed by atoms with Crippen molar-refractivity contribution in [3.63, 3.8) is 0 Å². The number of para-hydroxylation sites is 1. The average molecular weight is 609 g/mol. The Morgan fingerprint density at radius 3 is 1.54 bits per heavy atom. The summed E-state index contributed by atoms with van der Waals surface area (Å²) in [7, 11) is 0. The van der Waals surface area contributed by atoms with Crippen LogP contribution in [0.3, 0.4) is 0 Å². The molecule has 6 aromatic carbocycles. The Balaban J connectivity index is 1.23. The van der Waals surface area contributed by atoms with Crippen LogP contribution in [0.5, 0.6) is 0 Å². The molecule has 0 aliphatic rings. The number of hydrogen-bond acceptors (Lipinski definition) is 6. The van der Waals surface area contributed by atoms with Gasteiger partial charge in [-0.05, 0) is 11.6 Å². The summed E-state index contributed by atoms with van der Waals surface area (Å²) in [6.07, 6.45) is 0. The fourth-order valence-electron chi connectivity index (χ4n) is 5.98. The Labute approximate surface area is 268 Å². The minimum atomic E-state index is 0.622. The third-order valence-corrected chi connectivity index (χ3v) is 9.23. The Morgan fingerprint density at radius 1 is 0.435 bits per heavy atom. The van der Waals surface area contributed by atoms with Gasteiger partial charge in [-0.15, -0.1) is 11.3 Å². The zero-order valence-corrected chi connectivity index (χ0v) is 25.3. The van der Waals surface area contributed by atoms with Gasteiger partial charge in [-0.1, -0.05) is 133 Å². The van der Waals surface area contributed by atoms with Gasteiger partial charge in [0.2, 0.25) is 0 Å². The van der Waals surface area contributed by atoms with Crippen molar-refractivity contribution in [2.75, 3.05) is 0 Å². The second-order valence-electron chi connectivity index (χ2n) is 11.1. The number of rotatable bonds is 5. The van der Waals surface area contributed by atoms with E-state index < -0.39 is 0 Å². The molecule has 0 aliphatic carbocycles. The van der Waals surface area contributed by atoms with Crippen LogP contribution < -0.4 is 0 Å². The van der Waals surface area contributed by atoms with E-state index >= 15 is 0 Å². The predicted molar refractivity (Wildman–Crippen MR) is 187 cm³/mol. The molecule has 216 valence electrons. The average Bonchev–Trinajstić information content (AvgIpc) is 3.73. The minimum Gasteiger partial charge on any atom is -0.456 e. The van der Waals surface area contributed by atoms with Crippen LogP contribution in [0.4, 0.5) is 0 Å². The lowest BCUT2D eigenvalue weighted by molar-refractivity contribution is 0.669. The number of benzene rings is 6. The van der Waals surface area contributed by atoms with Gasteiger partial charge >= 0.3 is 0 Å². The molecular weight excluding hydrogens is 585 g/mol. The number of aromatic nitrogens is 4. The van der Waals surface area contributed by atoms with Gasteiger partial charge in [-0.2, -0.15) is 0 Å². The van der Waals surface area contributed by atoms with Gasteiger partial charge in [0.25, 0.3) is 0 Å². The van der Waals surface area contributed by atoms with Gasteiger partial charge in [0.15, 0.2) is 17.5 Å². The number of thiazole rings is 1.